The van der Waals surface area contributed by atoms with E-state index in [4.69, 9.17) is 14.2 Å². The Kier molecular flexibility index (Phi) is 51.0. The third-order valence-corrected chi connectivity index (χ3v) is 11.0. The van der Waals surface area contributed by atoms with Gasteiger partial charge in [-0.15, -0.1) is 0 Å². The smallest absolute Gasteiger partial charge is 0.306 e. The van der Waals surface area contributed by atoms with Crippen LogP contribution >= 0.6 is 0 Å². The van der Waals surface area contributed by atoms with Crippen molar-refractivity contribution in [3.05, 3.63) is 122 Å². The zero-order valence-corrected chi connectivity index (χ0v) is 43.1. The molecule has 0 bridgehead atoms. The molecule has 6 nitrogen and oxygen atoms in total. The van der Waals surface area contributed by atoms with Crippen LogP contribution in [0.25, 0.3) is 0 Å². The number of allylic oxidation sites excluding steroid dienone is 20. The first-order valence-electron chi connectivity index (χ1n) is 27.0. The first kappa shape index (κ1) is 62.8. The van der Waals surface area contributed by atoms with E-state index in [1.807, 2.05) is 24.3 Å². The molecule has 0 amide bonds. The minimum Gasteiger partial charge on any atom is -0.462 e. The van der Waals surface area contributed by atoms with Crippen LogP contribution in [-0.4, -0.2) is 37.2 Å². The summed E-state index contributed by atoms with van der Waals surface area (Å²) in [7, 11) is 0. The first-order chi connectivity index (χ1) is 33.0. The highest BCUT2D eigenvalue weighted by atomic mass is 16.6. The normalized spacial score (nSPS) is 13.1. The van der Waals surface area contributed by atoms with Gasteiger partial charge in [-0.2, -0.15) is 0 Å². The Hall–Kier alpha value is -4.19. The summed E-state index contributed by atoms with van der Waals surface area (Å²) in [6.45, 7) is 6.43. The molecule has 67 heavy (non-hydrogen) atoms. The summed E-state index contributed by atoms with van der Waals surface area (Å²) in [6.07, 6.45) is 74.9. The van der Waals surface area contributed by atoms with Crippen molar-refractivity contribution in [2.75, 3.05) is 13.2 Å². The van der Waals surface area contributed by atoms with Gasteiger partial charge >= 0.3 is 17.9 Å². The zero-order valence-electron chi connectivity index (χ0n) is 43.1. The fourth-order valence-electron chi connectivity index (χ4n) is 6.88. The number of esters is 3. The second-order valence-corrected chi connectivity index (χ2v) is 17.4. The molecular weight excluding hydrogens is 829 g/mol. The Balaban J connectivity index is 4.61. The van der Waals surface area contributed by atoms with Gasteiger partial charge in [0.15, 0.2) is 6.10 Å². The average Bonchev–Trinajstić information content (AvgIpc) is 3.33. The van der Waals surface area contributed by atoms with Crippen LogP contribution in [0.3, 0.4) is 0 Å². The Morgan fingerprint density at radius 3 is 0.925 bits per heavy atom. The van der Waals surface area contributed by atoms with Gasteiger partial charge in [0.2, 0.25) is 0 Å². The number of carbonyl (C=O) groups excluding carboxylic acids is 3. The summed E-state index contributed by atoms with van der Waals surface area (Å²) in [5.74, 6) is -1.11. The number of carbonyl (C=O) groups is 3. The maximum Gasteiger partial charge on any atom is 0.306 e. The molecule has 0 N–H and O–H groups in total. The molecule has 0 aliphatic rings. The quantitative estimate of drug-likeness (QED) is 0.0262. The van der Waals surface area contributed by atoms with Crippen LogP contribution in [-0.2, 0) is 28.6 Å². The number of hydrogen-bond acceptors (Lipinski definition) is 6. The predicted molar refractivity (Wildman–Crippen MR) is 288 cm³/mol. The molecule has 0 radical (unpaired) electrons. The third-order valence-electron chi connectivity index (χ3n) is 11.0. The minimum atomic E-state index is -0.849. The van der Waals surface area contributed by atoms with Gasteiger partial charge in [-0.05, 0) is 96.3 Å². The molecule has 0 aromatic rings. The second kappa shape index (κ2) is 54.4. The molecule has 0 aliphatic heterocycles. The molecule has 0 unspecified atom stereocenters. The molecule has 0 fully saturated rings. The topological polar surface area (TPSA) is 78.9 Å². The second-order valence-electron chi connectivity index (χ2n) is 17.4. The standard InChI is InChI=1S/C61H98O6/c1-4-7-10-13-16-19-22-24-26-28-30-32-34-36-39-42-45-48-51-54-60(63)66-57-58(56-65-59(62)53-50-47-44-41-38-21-18-15-12-9-6-3)67-61(64)55-52-49-46-43-40-37-35-33-31-29-27-25-23-20-17-14-11-8-5-2/h16-17,19-20,24-27,30-33,36-37,39-40,45-46,48-49,58H,4-15,18,21-23,28-29,34-35,38,41-44,47,50-57H2,1-3H3/b19-16-,20-17-,26-24-,27-25-,32-30-,33-31-,39-36-,40-37-,48-45-,49-46-/t58-/m0/s1. The summed E-state index contributed by atoms with van der Waals surface area (Å²) in [4.78, 5) is 37.9. The highest BCUT2D eigenvalue weighted by Crippen LogP contribution is 2.13. The van der Waals surface area contributed by atoms with Gasteiger partial charge < -0.3 is 14.2 Å². The van der Waals surface area contributed by atoms with Crippen molar-refractivity contribution in [2.24, 2.45) is 0 Å². The lowest BCUT2D eigenvalue weighted by molar-refractivity contribution is -0.166. The van der Waals surface area contributed by atoms with E-state index in [1.54, 1.807) is 0 Å². The van der Waals surface area contributed by atoms with Gasteiger partial charge in [0, 0.05) is 19.3 Å². The molecule has 378 valence electrons. The van der Waals surface area contributed by atoms with Gasteiger partial charge in [0.25, 0.3) is 0 Å². The summed E-state index contributed by atoms with van der Waals surface area (Å²) in [6, 6.07) is 0. The zero-order chi connectivity index (χ0) is 48.6. The molecular formula is C61H98O6. The van der Waals surface area contributed by atoms with Crippen molar-refractivity contribution in [2.45, 2.75) is 232 Å². The van der Waals surface area contributed by atoms with Gasteiger partial charge in [-0.1, -0.05) is 232 Å². The van der Waals surface area contributed by atoms with Gasteiger partial charge in [0.1, 0.15) is 13.2 Å². The molecule has 0 saturated carbocycles. The highest BCUT2D eigenvalue weighted by molar-refractivity contribution is 5.71. The van der Waals surface area contributed by atoms with E-state index in [0.717, 1.165) is 70.6 Å². The van der Waals surface area contributed by atoms with Crippen molar-refractivity contribution in [3.63, 3.8) is 0 Å². The van der Waals surface area contributed by atoms with E-state index in [1.165, 1.54) is 103 Å². The van der Waals surface area contributed by atoms with Crippen molar-refractivity contribution in [1.29, 1.82) is 0 Å². The number of hydrogen-bond donors (Lipinski definition) is 0. The van der Waals surface area contributed by atoms with Crippen LogP contribution in [0.1, 0.15) is 226 Å². The van der Waals surface area contributed by atoms with Gasteiger partial charge in [0.05, 0.1) is 0 Å². The van der Waals surface area contributed by atoms with E-state index >= 15 is 0 Å². The van der Waals surface area contributed by atoms with Crippen LogP contribution in [0.5, 0.6) is 0 Å². The molecule has 1 atom stereocenters. The molecule has 0 aromatic heterocycles. The van der Waals surface area contributed by atoms with Crippen LogP contribution in [0.15, 0.2) is 122 Å². The van der Waals surface area contributed by atoms with E-state index in [9.17, 15) is 14.4 Å². The summed E-state index contributed by atoms with van der Waals surface area (Å²) >= 11 is 0. The molecule has 0 aromatic carbocycles. The molecule has 0 heterocycles. The SMILES string of the molecule is CCCCC/C=C\C/C=C\C/C=C\C/C=C\C/C=C\CCC(=O)OC[C@H](COC(=O)CCCCCCCCCCCCC)OC(=O)CC/C=C\C/C=C\C/C=C\C/C=C\C/C=C\CCCCC. The van der Waals surface area contributed by atoms with E-state index in [2.05, 4.69) is 118 Å². The summed E-state index contributed by atoms with van der Waals surface area (Å²) in [5, 5.41) is 0. The highest BCUT2D eigenvalue weighted by Gasteiger charge is 2.19. The maximum atomic E-state index is 12.8. The predicted octanol–water partition coefficient (Wildman–Crippen LogP) is 18.1. The fraction of sp³-hybridized carbons (Fsp3) is 0.623. The van der Waals surface area contributed by atoms with Crippen LogP contribution in [0, 0.1) is 0 Å². The maximum absolute atomic E-state index is 12.8. The molecule has 0 aliphatic carbocycles. The molecule has 0 rings (SSSR count). The third kappa shape index (κ3) is 52.6. The van der Waals surface area contributed by atoms with Crippen LogP contribution < -0.4 is 0 Å². The Bertz CT molecular complexity index is 1440. The van der Waals surface area contributed by atoms with Crippen molar-refractivity contribution < 1.29 is 28.6 Å². The van der Waals surface area contributed by atoms with Gasteiger partial charge in [-0.25, -0.2) is 0 Å². The van der Waals surface area contributed by atoms with Crippen molar-refractivity contribution in [1.82, 2.24) is 0 Å². The monoisotopic (exact) mass is 927 g/mol. The Labute approximate surface area is 412 Å². The van der Waals surface area contributed by atoms with Crippen molar-refractivity contribution >= 4 is 17.9 Å². The average molecular weight is 927 g/mol. The first-order valence-corrected chi connectivity index (χ1v) is 27.0. The summed E-state index contributed by atoms with van der Waals surface area (Å²) < 4.78 is 16.7. The lowest BCUT2D eigenvalue weighted by atomic mass is 10.1. The van der Waals surface area contributed by atoms with Crippen molar-refractivity contribution in [3.8, 4) is 0 Å². The van der Waals surface area contributed by atoms with E-state index in [0.29, 0.717) is 19.3 Å². The molecule has 6 heteroatoms. The van der Waals surface area contributed by atoms with E-state index < -0.39 is 12.1 Å². The lowest BCUT2D eigenvalue weighted by Gasteiger charge is -2.18. The van der Waals surface area contributed by atoms with Crippen LogP contribution in [0.2, 0.25) is 0 Å². The number of ether oxygens (including phenoxy) is 3. The number of unbranched alkanes of at least 4 members (excludes halogenated alkanes) is 16. The fourth-order valence-corrected chi connectivity index (χ4v) is 6.88. The number of rotatable bonds is 47. The summed E-state index contributed by atoms with van der Waals surface area (Å²) in [5.41, 5.74) is 0. The molecule has 0 spiro atoms. The van der Waals surface area contributed by atoms with E-state index in [-0.39, 0.29) is 38.0 Å². The Morgan fingerprint density at radius 2 is 0.567 bits per heavy atom. The van der Waals surface area contributed by atoms with Crippen LogP contribution in [0.4, 0.5) is 0 Å². The minimum absolute atomic E-state index is 0.132. The van der Waals surface area contributed by atoms with Gasteiger partial charge in [-0.3, -0.25) is 14.4 Å². The Morgan fingerprint density at radius 1 is 0.299 bits per heavy atom. The largest absolute Gasteiger partial charge is 0.462 e. The molecule has 0 saturated heterocycles. The lowest BCUT2D eigenvalue weighted by Crippen LogP contribution is -2.30.